The van der Waals surface area contributed by atoms with Crippen molar-refractivity contribution in [2.24, 2.45) is 0 Å². The fraction of sp³-hybridized carbons (Fsp3) is 0.357. The fourth-order valence-electron chi connectivity index (χ4n) is 1.92. The molecule has 0 amide bonds. The van der Waals surface area contributed by atoms with E-state index in [4.69, 9.17) is 16.3 Å². The monoisotopic (exact) mass is 280 g/mol. The summed E-state index contributed by atoms with van der Waals surface area (Å²) in [4.78, 5) is 0. The molecule has 0 spiro atoms. The van der Waals surface area contributed by atoms with Gasteiger partial charge in [-0.1, -0.05) is 17.7 Å². The summed E-state index contributed by atoms with van der Waals surface area (Å²) in [5.74, 6) is 0.608. The molecule has 1 unspecified atom stereocenters. The third kappa shape index (κ3) is 3.28. The van der Waals surface area contributed by atoms with Gasteiger partial charge in [-0.05, 0) is 30.2 Å². The topological polar surface area (TPSA) is 47.3 Å². The minimum absolute atomic E-state index is 0.503. The summed E-state index contributed by atoms with van der Waals surface area (Å²) in [5, 5.41) is 14.9. The van der Waals surface area contributed by atoms with Crippen LogP contribution in [0.4, 0.5) is 0 Å². The minimum Gasteiger partial charge on any atom is -0.495 e. The normalized spacial score (nSPS) is 12.4. The molecule has 1 N–H and O–H groups in total. The highest BCUT2D eigenvalue weighted by molar-refractivity contribution is 6.32. The Morgan fingerprint density at radius 2 is 2.26 bits per heavy atom. The zero-order valence-electron chi connectivity index (χ0n) is 11.0. The molecule has 0 aliphatic carbocycles. The number of hydrogen-bond donors (Lipinski definition) is 1. The summed E-state index contributed by atoms with van der Waals surface area (Å²) in [6.07, 6.45) is 3.63. The summed E-state index contributed by atoms with van der Waals surface area (Å²) >= 11 is 6.05. The van der Waals surface area contributed by atoms with Crippen molar-refractivity contribution in [3.05, 3.63) is 46.7 Å². The molecule has 0 aliphatic heterocycles. The molecular weight excluding hydrogens is 264 g/mol. The smallest absolute Gasteiger partial charge is 0.137 e. The van der Waals surface area contributed by atoms with Crippen LogP contribution >= 0.6 is 11.6 Å². The Hall–Kier alpha value is -1.52. The summed E-state index contributed by atoms with van der Waals surface area (Å²) in [6.45, 7) is 2.85. The number of aliphatic hydroxyl groups excluding tert-OH is 1. The molecule has 2 rings (SSSR count). The third-order valence-electron chi connectivity index (χ3n) is 3.00. The number of aryl methyl sites for hydroxylation is 1. The first-order valence-corrected chi connectivity index (χ1v) is 6.54. The molecule has 0 bridgehead atoms. The van der Waals surface area contributed by atoms with Crippen LogP contribution in [0, 0.1) is 0 Å². The van der Waals surface area contributed by atoms with Gasteiger partial charge in [0.15, 0.2) is 0 Å². The van der Waals surface area contributed by atoms with Crippen molar-refractivity contribution in [2.75, 3.05) is 7.11 Å². The summed E-state index contributed by atoms with van der Waals surface area (Å²) < 4.78 is 6.93. The van der Waals surface area contributed by atoms with Gasteiger partial charge in [0.1, 0.15) is 5.75 Å². The number of halogens is 1. The van der Waals surface area contributed by atoms with E-state index in [0.29, 0.717) is 17.2 Å². The van der Waals surface area contributed by atoms with Crippen LogP contribution in [0.25, 0.3) is 0 Å². The highest BCUT2D eigenvalue weighted by Crippen LogP contribution is 2.28. The molecule has 0 saturated carbocycles. The summed E-state index contributed by atoms with van der Waals surface area (Å²) in [7, 11) is 1.57. The van der Waals surface area contributed by atoms with Gasteiger partial charge in [-0.15, -0.1) is 0 Å². The maximum Gasteiger partial charge on any atom is 0.137 e. The van der Waals surface area contributed by atoms with Crippen LogP contribution in [0.15, 0.2) is 30.6 Å². The lowest BCUT2D eigenvalue weighted by Gasteiger charge is -2.11. The number of hydrogen-bond acceptors (Lipinski definition) is 3. The van der Waals surface area contributed by atoms with Crippen molar-refractivity contribution >= 4 is 11.6 Å². The first-order valence-electron chi connectivity index (χ1n) is 6.17. The van der Waals surface area contributed by atoms with Crippen LogP contribution in [-0.4, -0.2) is 22.0 Å². The Balaban J connectivity index is 2.10. The van der Waals surface area contributed by atoms with Crippen molar-refractivity contribution in [3.63, 3.8) is 0 Å². The van der Waals surface area contributed by atoms with E-state index in [-0.39, 0.29) is 0 Å². The maximum atomic E-state index is 10.2. The molecule has 5 heteroatoms. The Labute approximate surface area is 117 Å². The van der Waals surface area contributed by atoms with Gasteiger partial charge < -0.3 is 9.84 Å². The molecule has 1 atom stereocenters. The minimum atomic E-state index is -0.599. The lowest BCUT2D eigenvalue weighted by molar-refractivity contribution is 0.178. The van der Waals surface area contributed by atoms with Gasteiger partial charge in [-0.3, -0.25) is 4.68 Å². The Morgan fingerprint density at radius 1 is 1.47 bits per heavy atom. The molecule has 4 nitrogen and oxygen atoms in total. The van der Waals surface area contributed by atoms with Gasteiger partial charge >= 0.3 is 0 Å². The number of ether oxygens (including phenoxy) is 1. The number of aromatic nitrogens is 2. The lowest BCUT2D eigenvalue weighted by Crippen LogP contribution is -2.01. The SMILES string of the molecule is CCn1cc(CC(O)c2ccc(OC)c(Cl)c2)cn1. The van der Waals surface area contributed by atoms with Crippen molar-refractivity contribution < 1.29 is 9.84 Å². The number of nitrogens with zero attached hydrogens (tertiary/aromatic N) is 2. The summed E-state index contributed by atoms with van der Waals surface area (Å²) in [6, 6.07) is 5.31. The fourth-order valence-corrected chi connectivity index (χ4v) is 2.18. The summed E-state index contributed by atoms with van der Waals surface area (Å²) in [5.41, 5.74) is 1.77. The predicted molar refractivity (Wildman–Crippen MR) is 74.6 cm³/mol. The van der Waals surface area contributed by atoms with E-state index in [1.54, 1.807) is 25.4 Å². The van der Waals surface area contributed by atoms with Crippen LogP contribution in [0.3, 0.4) is 0 Å². The molecule has 1 aromatic carbocycles. The maximum absolute atomic E-state index is 10.2. The molecule has 0 radical (unpaired) electrons. The van der Waals surface area contributed by atoms with E-state index in [9.17, 15) is 5.11 Å². The van der Waals surface area contributed by atoms with Crippen molar-refractivity contribution in [3.8, 4) is 5.75 Å². The number of benzene rings is 1. The molecule has 0 fully saturated rings. The standard InChI is InChI=1S/C14H17ClN2O2/c1-3-17-9-10(8-16-17)6-13(18)11-4-5-14(19-2)12(15)7-11/h4-5,7-9,13,18H,3,6H2,1-2H3. The third-order valence-corrected chi connectivity index (χ3v) is 3.30. The Kier molecular flexibility index (Phi) is 4.45. The molecule has 1 aromatic heterocycles. The molecule has 1 heterocycles. The second-order valence-electron chi connectivity index (χ2n) is 4.32. The van der Waals surface area contributed by atoms with Gasteiger partial charge in [0.2, 0.25) is 0 Å². The van der Waals surface area contributed by atoms with Crippen molar-refractivity contribution in [1.82, 2.24) is 9.78 Å². The molecule has 19 heavy (non-hydrogen) atoms. The molecule has 102 valence electrons. The van der Waals surface area contributed by atoms with Crippen molar-refractivity contribution in [2.45, 2.75) is 26.0 Å². The second-order valence-corrected chi connectivity index (χ2v) is 4.73. The second kappa shape index (κ2) is 6.08. The average Bonchev–Trinajstić information content (AvgIpc) is 2.86. The van der Waals surface area contributed by atoms with E-state index in [1.165, 1.54) is 0 Å². The van der Waals surface area contributed by atoms with Crippen molar-refractivity contribution in [1.29, 1.82) is 0 Å². The highest BCUT2D eigenvalue weighted by atomic mass is 35.5. The number of rotatable bonds is 5. The zero-order chi connectivity index (χ0) is 13.8. The van der Waals surface area contributed by atoms with Gasteiger partial charge in [0.25, 0.3) is 0 Å². The highest BCUT2D eigenvalue weighted by Gasteiger charge is 2.12. The Bertz CT molecular complexity index is 554. The van der Waals surface area contributed by atoms with Crippen LogP contribution in [0.1, 0.15) is 24.2 Å². The zero-order valence-corrected chi connectivity index (χ0v) is 11.8. The Morgan fingerprint density at radius 3 is 2.84 bits per heavy atom. The molecule has 0 saturated heterocycles. The lowest BCUT2D eigenvalue weighted by atomic mass is 10.0. The van der Waals surface area contributed by atoms with Gasteiger partial charge in [0.05, 0.1) is 24.4 Å². The number of methoxy groups -OCH3 is 1. The largest absolute Gasteiger partial charge is 0.495 e. The molecule has 2 aromatic rings. The predicted octanol–water partition coefficient (Wildman–Crippen LogP) is 2.84. The van der Waals surface area contributed by atoms with E-state index in [0.717, 1.165) is 17.7 Å². The van der Waals surface area contributed by atoms with E-state index in [2.05, 4.69) is 5.10 Å². The van der Waals surface area contributed by atoms with Crippen LogP contribution in [0.2, 0.25) is 5.02 Å². The van der Waals surface area contributed by atoms with E-state index >= 15 is 0 Å². The quantitative estimate of drug-likeness (QED) is 0.916. The van der Waals surface area contributed by atoms with Crippen LogP contribution in [-0.2, 0) is 13.0 Å². The molecular formula is C14H17ClN2O2. The van der Waals surface area contributed by atoms with Gasteiger partial charge in [0, 0.05) is 19.2 Å². The first-order chi connectivity index (χ1) is 9.13. The van der Waals surface area contributed by atoms with E-state index in [1.807, 2.05) is 23.9 Å². The van der Waals surface area contributed by atoms with Crippen LogP contribution < -0.4 is 4.74 Å². The van der Waals surface area contributed by atoms with Crippen LogP contribution in [0.5, 0.6) is 5.75 Å². The van der Waals surface area contributed by atoms with Gasteiger partial charge in [-0.2, -0.15) is 5.10 Å². The van der Waals surface area contributed by atoms with Gasteiger partial charge in [-0.25, -0.2) is 0 Å². The number of aliphatic hydroxyl groups is 1. The molecule has 0 aliphatic rings. The average molecular weight is 281 g/mol. The first kappa shape index (κ1) is 13.9. The van der Waals surface area contributed by atoms with E-state index < -0.39 is 6.10 Å².